The van der Waals surface area contributed by atoms with E-state index in [-0.39, 0.29) is 17.6 Å². The van der Waals surface area contributed by atoms with Gasteiger partial charge in [-0.2, -0.15) is 0 Å². The highest BCUT2D eigenvalue weighted by molar-refractivity contribution is 7.09. The van der Waals surface area contributed by atoms with Crippen LogP contribution in [-0.2, 0) is 19.6 Å². The number of hydrogen-bond acceptors (Lipinski definition) is 5. The van der Waals surface area contributed by atoms with Gasteiger partial charge in [0.2, 0.25) is 0 Å². The van der Waals surface area contributed by atoms with Crippen LogP contribution < -0.4 is 5.32 Å². The Kier molecular flexibility index (Phi) is 9.40. The predicted molar refractivity (Wildman–Crippen MR) is 157 cm³/mol. The monoisotopic (exact) mass is 550 g/mol. The molecule has 0 fully saturated rings. The molecule has 1 N–H and O–H groups in total. The number of nitrogens with zero attached hydrogens (tertiary/aromatic N) is 3. The zero-order valence-electron chi connectivity index (χ0n) is 22.1. The summed E-state index contributed by atoms with van der Waals surface area (Å²) in [7, 11) is 0. The molecule has 0 aliphatic carbocycles. The number of rotatable bonds is 12. The first-order chi connectivity index (χ1) is 19.6. The van der Waals surface area contributed by atoms with Gasteiger partial charge in [-0.1, -0.05) is 72.8 Å². The lowest BCUT2D eigenvalue weighted by atomic mass is 9.88. The molecule has 1 amide bonds. The van der Waals surface area contributed by atoms with E-state index in [0.717, 1.165) is 29.1 Å². The minimum absolute atomic E-state index is 0.197. The maximum atomic E-state index is 13.6. The minimum atomic E-state index is -0.245. The first kappa shape index (κ1) is 27.4. The smallest absolute Gasteiger partial charge is 0.271 e. The fourth-order valence-corrected chi connectivity index (χ4v) is 5.54. The largest absolute Gasteiger partial charge is 0.347 e. The first-order valence-electron chi connectivity index (χ1n) is 13.3. The fourth-order valence-electron chi connectivity index (χ4n) is 4.72. The molecule has 5 rings (SSSR count). The van der Waals surface area contributed by atoms with Crippen molar-refractivity contribution in [2.75, 3.05) is 6.54 Å². The number of aromatic nitrogens is 2. The molecule has 0 radical (unpaired) electrons. The zero-order chi connectivity index (χ0) is 27.6. The van der Waals surface area contributed by atoms with Crippen molar-refractivity contribution in [2.24, 2.45) is 0 Å². The summed E-state index contributed by atoms with van der Waals surface area (Å²) < 4.78 is 13.6. The van der Waals surface area contributed by atoms with Crippen LogP contribution in [0.25, 0.3) is 0 Å². The number of carbonyl (C=O) groups is 1. The molecule has 0 unspecified atom stereocenters. The van der Waals surface area contributed by atoms with E-state index in [9.17, 15) is 9.18 Å². The second-order valence-electron chi connectivity index (χ2n) is 9.66. The van der Waals surface area contributed by atoms with E-state index >= 15 is 0 Å². The van der Waals surface area contributed by atoms with Crippen molar-refractivity contribution in [1.29, 1.82) is 0 Å². The maximum Gasteiger partial charge on any atom is 0.271 e. The Bertz CT molecular complexity index is 1440. The van der Waals surface area contributed by atoms with E-state index in [2.05, 4.69) is 68.7 Å². The summed E-state index contributed by atoms with van der Waals surface area (Å²) in [6.07, 6.45) is 4.32. The molecule has 202 valence electrons. The van der Waals surface area contributed by atoms with Gasteiger partial charge in [0, 0.05) is 36.8 Å². The third-order valence-corrected chi connectivity index (χ3v) is 7.64. The molecule has 0 bridgehead atoms. The quantitative estimate of drug-likeness (QED) is 0.185. The van der Waals surface area contributed by atoms with Gasteiger partial charge >= 0.3 is 0 Å². The van der Waals surface area contributed by atoms with Crippen LogP contribution in [0.3, 0.4) is 0 Å². The summed E-state index contributed by atoms with van der Waals surface area (Å²) in [6, 6.07) is 31.5. The molecule has 0 aliphatic rings. The van der Waals surface area contributed by atoms with Crippen molar-refractivity contribution in [3.8, 4) is 0 Å². The highest BCUT2D eigenvalue weighted by Gasteiger charge is 2.18. The van der Waals surface area contributed by atoms with Crippen LogP contribution in [0.1, 0.15) is 50.1 Å². The van der Waals surface area contributed by atoms with E-state index in [4.69, 9.17) is 0 Å². The molecular weight excluding hydrogens is 519 g/mol. The third-order valence-electron chi connectivity index (χ3n) is 6.80. The molecule has 3 aromatic carbocycles. The van der Waals surface area contributed by atoms with Gasteiger partial charge in [-0.25, -0.2) is 9.37 Å². The van der Waals surface area contributed by atoms with Gasteiger partial charge in [-0.05, 0) is 59.5 Å². The SMILES string of the molecule is O=C(NCc1ccncc1)c1csc(CN(CCC(c2ccccc2)c2ccccc2)Cc2ccc(F)cc2)n1. The molecule has 5 aromatic rings. The van der Waals surface area contributed by atoms with E-state index < -0.39 is 0 Å². The average molecular weight is 551 g/mol. The average Bonchev–Trinajstić information content (AvgIpc) is 3.47. The van der Waals surface area contributed by atoms with Crippen LogP contribution in [0.5, 0.6) is 0 Å². The van der Waals surface area contributed by atoms with Crippen LogP contribution in [0.4, 0.5) is 4.39 Å². The number of halogens is 1. The van der Waals surface area contributed by atoms with Crippen molar-refractivity contribution >= 4 is 17.2 Å². The van der Waals surface area contributed by atoms with Crippen molar-refractivity contribution in [1.82, 2.24) is 20.2 Å². The first-order valence-corrected chi connectivity index (χ1v) is 14.2. The van der Waals surface area contributed by atoms with Gasteiger partial charge in [0.05, 0.1) is 6.54 Å². The van der Waals surface area contributed by atoms with Crippen LogP contribution in [0.15, 0.2) is 115 Å². The molecule has 0 spiro atoms. The molecule has 7 heteroatoms. The van der Waals surface area contributed by atoms with Gasteiger partial charge in [0.1, 0.15) is 16.5 Å². The van der Waals surface area contributed by atoms with Crippen LogP contribution >= 0.6 is 11.3 Å². The van der Waals surface area contributed by atoms with Gasteiger partial charge < -0.3 is 5.32 Å². The maximum absolute atomic E-state index is 13.6. The second kappa shape index (κ2) is 13.7. The van der Waals surface area contributed by atoms with Crippen LogP contribution in [0.2, 0.25) is 0 Å². The van der Waals surface area contributed by atoms with E-state index in [1.807, 2.05) is 41.8 Å². The van der Waals surface area contributed by atoms with Gasteiger partial charge in [-0.15, -0.1) is 11.3 Å². The van der Waals surface area contributed by atoms with Crippen molar-refractivity contribution in [3.63, 3.8) is 0 Å². The lowest BCUT2D eigenvalue weighted by Crippen LogP contribution is -2.26. The standard InChI is InChI=1S/C33H31FN4OS/c34-29-13-11-26(12-14-29)22-38(20-17-30(27-7-3-1-4-8-27)28-9-5-2-6-10-28)23-32-37-31(24-40-32)33(39)36-21-25-15-18-35-19-16-25/h1-16,18-19,24,30H,17,20-23H2,(H,36,39). The number of pyridine rings is 1. The Hall–Kier alpha value is -4.20. The molecule has 0 saturated heterocycles. The number of benzene rings is 3. The zero-order valence-corrected chi connectivity index (χ0v) is 22.9. The van der Waals surface area contributed by atoms with Gasteiger partial charge in [0.15, 0.2) is 0 Å². The van der Waals surface area contributed by atoms with Crippen LogP contribution in [-0.4, -0.2) is 27.3 Å². The third kappa shape index (κ3) is 7.68. The van der Waals surface area contributed by atoms with Gasteiger partial charge in [0.25, 0.3) is 5.91 Å². The Morgan fingerprint density at radius 3 is 2.12 bits per heavy atom. The Morgan fingerprint density at radius 1 is 0.825 bits per heavy atom. The molecule has 0 atom stereocenters. The molecule has 40 heavy (non-hydrogen) atoms. The molecule has 2 aromatic heterocycles. The summed E-state index contributed by atoms with van der Waals surface area (Å²) in [5, 5.41) is 5.61. The van der Waals surface area contributed by atoms with Crippen molar-refractivity contribution < 1.29 is 9.18 Å². The summed E-state index contributed by atoms with van der Waals surface area (Å²) in [5.74, 6) is -0.201. The number of thiazole rings is 1. The van der Waals surface area contributed by atoms with Crippen molar-refractivity contribution in [2.45, 2.75) is 32.0 Å². The highest BCUT2D eigenvalue weighted by Crippen LogP contribution is 2.29. The van der Waals surface area contributed by atoms with E-state index in [0.29, 0.717) is 25.3 Å². The Labute approximate surface area is 238 Å². The molecule has 0 aliphatic heterocycles. The summed E-state index contributed by atoms with van der Waals surface area (Å²) >= 11 is 1.48. The van der Waals surface area contributed by atoms with Gasteiger partial charge in [-0.3, -0.25) is 14.7 Å². The number of carbonyl (C=O) groups excluding carboxylic acids is 1. The summed E-state index contributed by atoms with van der Waals surface area (Å²) in [4.78, 5) is 23.7. The lowest BCUT2D eigenvalue weighted by Gasteiger charge is -2.25. The Balaban J connectivity index is 1.30. The topological polar surface area (TPSA) is 58.1 Å². The highest BCUT2D eigenvalue weighted by atomic mass is 32.1. The fraction of sp³-hybridized carbons (Fsp3) is 0.182. The normalized spacial score (nSPS) is 11.2. The summed E-state index contributed by atoms with van der Waals surface area (Å²) in [6.45, 7) is 2.47. The van der Waals surface area contributed by atoms with E-state index in [1.165, 1.54) is 34.6 Å². The molecular formula is C33H31FN4OS. The lowest BCUT2D eigenvalue weighted by molar-refractivity contribution is 0.0946. The molecule has 5 nitrogen and oxygen atoms in total. The second-order valence-corrected chi connectivity index (χ2v) is 10.6. The number of amides is 1. The number of nitrogens with one attached hydrogen (secondary N) is 1. The van der Waals surface area contributed by atoms with Crippen molar-refractivity contribution in [3.05, 3.63) is 154 Å². The molecule has 2 heterocycles. The number of hydrogen-bond donors (Lipinski definition) is 1. The Morgan fingerprint density at radius 2 is 1.48 bits per heavy atom. The predicted octanol–water partition coefficient (Wildman–Crippen LogP) is 6.83. The van der Waals surface area contributed by atoms with E-state index in [1.54, 1.807) is 12.4 Å². The minimum Gasteiger partial charge on any atom is -0.347 e. The summed E-state index contributed by atoms with van der Waals surface area (Å²) in [5.41, 5.74) is 4.98. The molecule has 0 saturated carbocycles. The van der Waals surface area contributed by atoms with Crippen LogP contribution in [0, 0.1) is 5.82 Å².